The molecule has 0 saturated heterocycles. The molecule has 0 aromatic heterocycles. The van der Waals surface area contributed by atoms with E-state index in [9.17, 15) is 9.59 Å². The van der Waals surface area contributed by atoms with Crippen molar-refractivity contribution in [2.75, 3.05) is 5.32 Å². The Kier molecular flexibility index (Phi) is 5.56. The zero-order chi connectivity index (χ0) is 15.3. The molecular formula is C14H19BrN2O3. The number of nitrogens with one attached hydrogen (secondary N) is 2. The minimum atomic E-state index is -1.27. The number of carboxylic acid groups (broad SMARTS) is 1. The summed E-state index contributed by atoms with van der Waals surface area (Å²) in [4.78, 5) is 23.1. The number of carbonyl (C=O) groups excluding carboxylic acids is 1. The lowest BCUT2D eigenvalue weighted by Crippen LogP contribution is -2.53. The zero-order valence-electron chi connectivity index (χ0n) is 11.8. The van der Waals surface area contributed by atoms with E-state index in [2.05, 4.69) is 26.6 Å². The number of rotatable bonds is 5. The second-order valence-electron chi connectivity index (χ2n) is 4.72. The van der Waals surface area contributed by atoms with Gasteiger partial charge in [0.05, 0.1) is 0 Å². The average molecular weight is 343 g/mol. The van der Waals surface area contributed by atoms with Crippen LogP contribution in [0.15, 0.2) is 22.7 Å². The van der Waals surface area contributed by atoms with Gasteiger partial charge in [-0.15, -0.1) is 0 Å². The van der Waals surface area contributed by atoms with Crippen LogP contribution in [0, 0.1) is 0 Å². The molecule has 5 nitrogen and oxygen atoms in total. The van der Waals surface area contributed by atoms with Crippen LogP contribution in [0.3, 0.4) is 0 Å². The van der Waals surface area contributed by atoms with E-state index in [0.29, 0.717) is 12.1 Å². The maximum Gasteiger partial charge on any atom is 0.329 e. The minimum Gasteiger partial charge on any atom is -0.480 e. The van der Waals surface area contributed by atoms with Gasteiger partial charge in [0.25, 0.3) is 0 Å². The van der Waals surface area contributed by atoms with Crippen LogP contribution in [0.4, 0.5) is 10.5 Å². The molecule has 0 aliphatic carbocycles. The number of urea groups is 1. The van der Waals surface area contributed by atoms with Gasteiger partial charge in [0, 0.05) is 10.2 Å². The van der Waals surface area contributed by atoms with Crippen LogP contribution in [-0.4, -0.2) is 22.6 Å². The largest absolute Gasteiger partial charge is 0.480 e. The summed E-state index contributed by atoms with van der Waals surface area (Å²) in [6.07, 6.45) is 1.07. The molecule has 0 aliphatic rings. The number of aryl methyl sites for hydroxylation is 1. The van der Waals surface area contributed by atoms with Crippen LogP contribution >= 0.6 is 15.9 Å². The first-order valence-electron chi connectivity index (χ1n) is 6.43. The molecular weight excluding hydrogens is 324 g/mol. The molecule has 1 atom stereocenters. The fraction of sp³-hybridized carbons (Fsp3) is 0.429. The molecule has 0 bridgehead atoms. The minimum absolute atomic E-state index is 0.302. The van der Waals surface area contributed by atoms with Crippen LogP contribution in [0.5, 0.6) is 0 Å². The van der Waals surface area contributed by atoms with Gasteiger partial charge in [-0.3, -0.25) is 0 Å². The lowest BCUT2D eigenvalue weighted by atomic mass is 10.00. The summed E-state index contributed by atoms with van der Waals surface area (Å²) in [5, 5.41) is 14.3. The third kappa shape index (κ3) is 3.96. The maximum atomic E-state index is 11.9. The van der Waals surface area contributed by atoms with Crippen molar-refractivity contribution in [3.63, 3.8) is 0 Å². The van der Waals surface area contributed by atoms with Crippen LogP contribution in [-0.2, 0) is 11.2 Å². The molecule has 0 aliphatic heterocycles. The van der Waals surface area contributed by atoms with Gasteiger partial charge in [-0.05, 0) is 43.5 Å². The van der Waals surface area contributed by atoms with Crippen molar-refractivity contribution in [2.45, 2.75) is 39.2 Å². The van der Waals surface area contributed by atoms with Crippen molar-refractivity contribution in [3.05, 3.63) is 28.2 Å². The molecule has 0 fully saturated rings. The van der Waals surface area contributed by atoms with E-state index in [0.717, 1.165) is 16.5 Å². The first-order chi connectivity index (χ1) is 9.32. The average Bonchev–Trinajstić information content (AvgIpc) is 2.40. The van der Waals surface area contributed by atoms with Gasteiger partial charge in [-0.1, -0.05) is 29.8 Å². The predicted octanol–water partition coefficient (Wildman–Crippen LogP) is 3.39. The van der Waals surface area contributed by atoms with Crippen molar-refractivity contribution in [3.8, 4) is 0 Å². The molecule has 20 heavy (non-hydrogen) atoms. The summed E-state index contributed by atoms with van der Waals surface area (Å²) in [5.74, 6) is -1.05. The Bertz CT molecular complexity index is 519. The van der Waals surface area contributed by atoms with E-state index in [1.165, 1.54) is 6.92 Å². The number of halogens is 1. The fourth-order valence-electron chi connectivity index (χ4n) is 1.67. The molecule has 1 rings (SSSR count). The summed E-state index contributed by atoms with van der Waals surface area (Å²) >= 11 is 3.38. The van der Waals surface area contributed by atoms with Gasteiger partial charge in [0.2, 0.25) is 0 Å². The number of hydrogen-bond acceptors (Lipinski definition) is 2. The number of hydrogen-bond donors (Lipinski definition) is 3. The predicted molar refractivity (Wildman–Crippen MR) is 82.0 cm³/mol. The Morgan fingerprint density at radius 1 is 1.35 bits per heavy atom. The van der Waals surface area contributed by atoms with Crippen molar-refractivity contribution in [1.82, 2.24) is 5.32 Å². The quantitative estimate of drug-likeness (QED) is 0.767. The summed E-state index contributed by atoms with van der Waals surface area (Å²) in [5.41, 5.74) is 0.381. The fourth-order valence-corrected chi connectivity index (χ4v) is 2.08. The van der Waals surface area contributed by atoms with Crippen LogP contribution < -0.4 is 10.6 Å². The molecule has 1 aromatic rings. The number of amides is 2. The normalized spacial score (nSPS) is 13.4. The van der Waals surface area contributed by atoms with E-state index in [4.69, 9.17) is 5.11 Å². The van der Waals surface area contributed by atoms with Gasteiger partial charge in [0.1, 0.15) is 5.54 Å². The molecule has 0 saturated carbocycles. The smallest absolute Gasteiger partial charge is 0.329 e. The molecule has 110 valence electrons. The zero-order valence-corrected chi connectivity index (χ0v) is 13.4. The Hall–Kier alpha value is -1.56. The summed E-state index contributed by atoms with van der Waals surface area (Å²) in [6.45, 7) is 5.18. The topological polar surface area (TPSA) is 78.4 Å². The second-order valence-corrected chi connectivity index (χ2v) is 5.64. The number of benzene rings is 1. The highest BCUT2D eigenvalue weighted by molar-refractivity contribution is 9.10. The van der Waals surface area contributed by atoms with Crippen molar-refractivity contribution in [1.29, 1.82) is 0 Å². The Morgan fingerprint density at radius 2 is 2.00 bits per heavy atom. The summed E-state index contributed by atoms with van der Waals surface area (Å²) in [6, 6.07) is 5.01. The number of carboxylic acids is 1. The standard InChI is InChI=1S/C14H19BrN2O3/c1-4-9-8-10(15)6-7-11(9)16-13(20)17-14(3,5-2)12(18)19/h6-8H,4-5H2,1-3H3,(H,18,19)(H2,16,17,20). The highest BCUT2D eigenvalue weighted by atomic mass is 79.9. The van der Waals surface area contributed by atoms with Crippen molar-refractivity contribution >= 4 is 33.6 Å². The maximum absolute atomic E-state index is 11.9. The van der Waals surface area contributed by atoms with Gasteiger partial charge in [0.15, 0.2) is 0 Å². The summed E-state index contributed by atoms with van der Waals surface area (Å²) < 4.78 is 0.934. The van der Waals surface area contributed by atoms with Gasteiger partial charge in [-0.2, -0.15) is 0 Å². The van der Waals surface area contributed by atoms with Crippen molar-refractivity contribution in [2.24, 2.45) is 0 Å². The Morgan fingerprint density at radius 3 is 2.50 bits per heavy atom. The number of anilines is 1. The van der Waals surface area contributed by atoms with E-state index in [1.54, 1.807) is 13.0 Å². The highest BCUT2D eigenvalue weighted by Crippen LogP contribution is 2.21. The van der Waals surface area contributed by atoms with Crippen LogP contribution in [0.1, 0.15) is 32.8 Å². The lowest BCUT2D eigenvalue weighted by Gasteiger charge is -2.25. The monoisotopic (exact) mass is 342 g/mol. The molecule has 1 unspecified atom stereocenters. The molecule has 2 amide bonds. The SMILES string of the molecule is CCc1cc(Br)ccc1NC(=O)NC(C)(CC)C(=O)O. The van der Waals surface area contributed by atoms with Crippen LogP contribution in [0.2, 0.25) is 0 Å². The third-order valence-electron chi connectivity index (χ3n) is 3.26. The van der Waals surface area contributed by atoms with E-state index in [1.807, 2.05) is 19.1 Å². The first-order valence-corrected chi connectivity index (χ1v) is 7.22. The van der Waals surface area contributed by atoms with E-state index >= 15 is 0 Å². The molecule has 1 aromatic carbocycles. The number of aliphatic carboxylic acids is 1. The highest BCUT2D eigenvalue weighted by Gasteiger charge is 2.32. The van der Waals surface area contributed by atoms with Gasteiger partial charge < -0.3 is 15.7 Å². The first kappa shape index (κ1) is 16.5. The second kappa shape index (κ2) is 6.74. The molecule has 0 heterocycles. The van der Waals surface area contributed by atoms with Gasteiger partial charge in [-0.25, -0.2) is 9.59 Å². The van der Waals surface area contributed by atoms with E-state index < -0.39 is 17.5 Å². The van der Waals surface area contributed by atoms with Crippen LogP contribution in [0.25, 0.3) is 0 Å². The third-order valence-corrected chi connectivity index (χ3v) is 3.76. The van der Waals surface area contributed by atoms with Crippen molar-refractivity contribution < 1.29 is 14.7 Å². The van der Waals surface area contributed by atoms with E-state index in [-0.39, 0.29) is 0 Å². The van der Waals surface area contributed by atoms with Gasteiger partial charge >= 0.3 is 12.0 Å². The molecule has 0 radical (unpaired) electrons. The molecule has 0 spiro atoms. The number of carbonyl (C=O) groups is 2. The summed E-state index contributed by atoms with van der Waals surface area (Å²) in [7, 11) is 0. The molecule has 3 N–H and O–H groups in total. The molecule has 6 heteroatoms. The lowest BCUT2D eigenvalue weighted by molar-refractivity contribution is -0.143. The Labute approximate surface area is 126 Å². The Balaban J connectivity index is 2.84.